The highest BCUT2D eigenvalue weighted by Crippen LogP contribution is 2.42. The van der Waals surface area contributed by atoms with Crippen molar-refractivity contribution in [3.05, 3.63) is 35.6 Å². The summed E-state index contributed by atoms with van der Waals surface area (Å²) in [4.78, 5) is 26.3. The largest absolute Gasteiger partial charge is 0.376 e. The third-order valence-corrected chi connectivity index (χ3v) is 8.56. The Morgan fingerprint density at radius 1 is 1.22 bits per heavy atom. The van der Waals surface area contributed by atoms with Gasteiger partial charge in [-0.2, -0.15) is 0 Å². The number of nitrogens with two attached hydrogens (primary N) is 1. The van der Waals surface area contributed by atoms with Crippen LogP contribution in [-0.4, -0.2) is 54.3 Å². The van der Waals surface area contributed by atoms with Crippen LogP contribution in [0, 0.1) is 5.41 Å². The number of amides is 1. The van der Waals surface area contributed by atoms with E-state index in [-0.39, 0.29) is 23.5 Å². The molecule has 2 atom stereocenters. The number of aromatic nitrogens is 2. The van der Waals surface area contributed by atoms with E-state index in [1.807, 2.05) is 24.4 Å². The lowest BCUT2D eigenvalue weighted by atomic mass is 9.73. The lowest BCUT2D eigenvalue weighted by molar-refractivity contribution is -0.117. The number of benzene rings is 1. The first-order valence-corrected chi connectivity index (χ1v) is 12.4. The van der Waals surface area contributed by atoms with Gasteiger partial charge >= 0.3 is 0 Å². The maximum absolute atomic E-state index is 12.1. The van der Waals surface area contributed by atoms with Crippen molar-refractivity contribution in [3.8, 4) is 0 Å². The van der Waals surface area contributed by atoms with E-state index in [9.17, 15) is 4.79 Å². The van der Waals surface area contributed by atoms with Gasteiger partial charge in [-0.05, 0) is 38.3 Å². The molecule has 2 aromatic rings. The van der Waals surface area contributed by atoms with Crippen LogP contribution in [0.2, 0.25) is 5.02 Å². The predicted octanol–water partition coefficient (Wildman–Crippen LogP) is 3.74. The minimum atomic E-state index is 0.0949. The molecule has 7 nitrogen and oxygen atoms in total. The number of ether oxygens (including phenoxy) is 1. The Kier molecular flexibility index (Phi) is 6.05. The first-order valence-electron chi connectivity index (χ1n) is 11.2. The van der Waals surface area contributed by atoms with Gasteiger partial charge in [0.05, 0.1) is 35.8 Å². The number of carbonyl (C=O) groups is 1. The smallest absolute Gasteiger partial charge is 0.227 e. The van der Waals surface area contributed by atoms with Gasteiger partial charge < -0.3 is 20.3 Å². The summed E-state index contributed by atoms with van der Waals surface area (Å²) in [7, 11) is 0. The first-order chi connectivity index (χ1) is 15.5. The second kappa shape index (κ2) is 8.82. The molecular formula is C23H28ClN5O2S. The molecule has 32 heavy (non-hydrogen) atoms. The summed E-state index contributed by atoms with van der Waals surface area (Å²) < 4.78 is 5.82. The van der Waals surface area contributed by atoms with E-state index in [0.717, 1.165) is 60.4 Å². The van der Waals surface area contributed by atoms with Gasteiger partial charge in [0.15, 0.2) is 0 Å². The molecule has 1 aromatic carbocycles. The molecule has 4 heterocycles. The van der Waals surface area contributed by atoms with E-state index in [1.165, 1.54) is 11.8 Å². The fraction of sp³-hybridized carbons (Fsp3) is 0.522. The highest BCUT2D eigenvalue weighted by molar-refractivity contribution is 7.99. The highest BCUT2D eigenvalue weighted by Gasteiger charge is 2.47. The van der Waals surface area contributed by atoms with Crippen LogP contribution in [0.4, 0.5) is 11.5 Å². The van der Waals surface area contributed by atoms with Gasteiger partial charge in [0.2, 0.25) is 5.91 Å². The van der Waals surface area contributed by atoms with Gasteiger partial charge in [-0.25, -0.2) is 9.97 Å². The topological polar surface area (TPSA) is 84.6 Å². The zero-order valence-corrected chi connectivity index (χ0v) is 19.7. The average Bonchev–Trinajstić information content (AvgIpc) is 3.35. The quantitative estimate of drug-likeness (QED) is 0.723. The van der Waals surface area contributed by atoms with Crippen molar-refractivity contribution in [2.75, 3.05) is 36.0 Å². The molecule has 0 bridgehead atoms. The molecular weight excluding hydrogens is 446 g/mol. The number of nitrogens with zero attached hydrogens (tertiary/aromatic N) is 4. The number of carbonyl (C=O) groups excluding carboxylic acids is 1. The van der Waals surface area contributed by atoms with Crippen LogP contribution in [0.25, 0.3) is 0 Å². The fourth-order valence-corrected chi connectivity index (χ4v) is 6.10. The molecule has 0 saturated carbocycles. The maximum atomic E-state index is 12.1. The molecule has 1 spiro atoms. The SMILES string of the molecule is C[C@@H]1OCC2(CCN(c3cnc(Sc4cccc(N5CCCC5=O)c4Cl)cn3)CC2)[C@@H]1N. The van der Waals surface area contributed by atoms with Crippen LogP contribution in [0.5, 0.6) is 0 Å². The summed E-state index contributed by atoms with van der Waals surface area (Å²) in [5.74, 6) is 1.01. The number of anilines is 2. The lowest BCUT2D eigenvalue weighted by Crippen LogP contribution is -2.50. The van der Waals surface area contributed by atoms with E-state index in [0.29, 0.717) is 18.0 Å². The second-order valence-electron chi connectivity index (χ2n) is 8.94. The van der Waals surface area contributed by atoms with Gasteiger partial charge in [0, 0.05) is 42.4 Å². The van der Waals surface area contributed by atoms with Crippen molar-refractivity contribution in [2.24, 2.45) is 11.1 Å². The summed E-state index contributed by atoms with van der Waals surface area (Å²) in [6, 6.07) is 5.88. The minimum absolute atomic E-state index is 0.0949. The molecule has 9 heteroatoms. The van der Waals surface area contributed by atoms with Crippen molar-refractivity contribution in [1.29, 1.82) is 0 Å². The zero-order valence-electron chi connectivity index (χ0n) is 18.2. The first kappa shape index (κ1) is 21.9. The maximum Gasteiger partial charge on any atom is 0.227 e. The van der Waals surface area contributed by atoms with Crippen LogP contribution >= 0.6 is 23.4 Å². The fourth-order valence-electron chi connectivity index (χ4n) is 4.98. The van der Waals surface area contributed by atoms with E-state index in [1.54, 1.807) is 11.1 Å². The van der Waals surface area contributed by atoms with Crippen molar-refractivity contribution >= 4 is 40.8 Å². The van der Waals surface area contributed by atoms with Crippen LogP contribution in [0.3, 0.4) is 0 Å². The van der Waals surface area contributed by atoms with Crippen molar-refractivity contribution < 1.29 is 9.53 Å². The predicted molar refractivity (Wildman–Crippen MR) is 126 cm³/mol. The molecule has 3 aliphatic heterocycles. The Hall–Kier alpha value is -1.87. The monoisotopic (exact) mass is 473 g/mol. The molecule has 170 valence electrons. The average molecular weight is 474 g/mol. The number of piperidine rings is 1. The summed E-state index contributed by atoms with van der Waals surface area (Å²) in [6.07, 6.45) is 7.22. The Bertz CT molecular complexity index is 996. The van der Waals surface area contributed by atoms with Gasteiger partial charge in [-0.3, -0.25) is 4.79 Å². The third kappa shape index (κ3) is 3.98. The third-order valence-electron chi connectivity index (χ3n) is 7.07. The highest BCUT2D eigenvalue weighted by atomic mass is 35.5. The van der Waals surface area contributed by atoms with Crippen LogP contribution < -0.4 is 15.5 Å². The van der Waals surface area contributed by atoms with Crippen LogP contribution in [0.15, 0.2) is 40.5 Å². The Morgan fingerprint density at radius 3 is 2.66 bits per heavy atom. The minimum Gasteiger partial charge on any atom is -0.376 e. The van der Waals surface area contributed by atoms with E-state index >= 15 is 0 Å². The number of hydrogen-bond acceptors (Lipinski definition) is 7. The molecule has 5 rings (SSSR count). The summed E-state index contributed by atoms with van der Waals surface area (Å²) in [5.41, 5.74) is 7.30. The van der Waals surface area contributed by atoms with Crippen LogP contribution in [0.1, 0.15) is 32.6 Å². The van der Waals surface area contributed by atoms with Crippen molar-refractivity contribution in [2.45, 2.75) is 54.7 Å². The van der Waals surface area contributed by atoms with Crippen LogP contribution in [-0.2, 0) is 9.53 Å². The van der Waals surface area contributed by atoms with Gasteiger partial charge in [0.25, 0.3) is 0 Å². The molecule has 0 unspecified atom stereocenters. The molecule has 0 aliphatic carbocycles. The second-order valence-corrected chi connectivity index (χ2v) is 10.4. The molecule has 1 amide bonds. The van der Waals surface area contributed by atoms with E-state index in [2.05, 4.69) is 21.8 Å². The number of hydrogen-bond donors (Lipinski definition) is 1. The Labute approximate surface area is 197 Å². The Balaban J connectivity index is 1.25. The van der Waals surface area contributed by atoms with Gasteiger partial charge in [-0.15, -0.1) is 0 Å². The summed E-state index contributed by atoms with van der Waals surface area (Å²) in [6.45, 7) is 5.35. The standard InChI is InChI=1S/C23H28ClN5O2S/c1-15-22(25)23(14-31-15)7-10-28(11-8-23)18-12-27-19(13-26-18)32-17-5-2-4-16(21(17)24)29-9-3-6-20(29)30/h2,4-5,12-13,15,22H,3,6-11,14,25H2,1H3/t15-,22+/m0/s1. The van der Waals surface area contributed by atoms with E-state index in [4.69, 9.17) is 22.1 Å². The van der Waals surface area contributed by atoms with Gasteiger partial charge in [-0.1, -0.05) is 29.4 Å². The number of halogens is 1. The molecule has 0 radical (unpaired) electrons. The van der Waals surface area contributed by atoms with E-state index < -0.39 is 0 Å². The summed E-state index contributed by atoms with van der Waals surface area (Å²) in [5, 5.41) is 1.36. The lowest BCUT2D eigenvalue weighted by Gasteiger charge is -2.41. The van der Waals surface area contributed by atoms with Gasteiger partial charge in [0.1, 0.15) is 10.8 Å². The summed E-state index contributed by atoms with van der Waals surface area (Å²) >= 11 is 8.11. The van der Waals surface area contributed by atoms with Crippen molar-refractivity contribution in [1.82, 2.24) is 9.97 Å². The number of rotatable bonds is 4. The molecule has 3 fully saturated rings. The molecule has 3 saturated heterocycles. The zero-order chi connectivity index (χ0) is 22.3. The molecule has 3 aliphatic rings. The Morgan fingerprint density at radius 2 is 2.03 bits per heavy atom. The normalized spacial score (nSPS) is 25.2. The molecule has 1 aromatic heterocycles. The molecule has 2 N–H and O–H groups in total. The van der Waals surface area contributed by atoms with Crippen molar-refractivity contribution in [3.63, 3.8) is 0 Å².